The van der Waals surface area contributed by atoms with Gasteiger partial charge in [0.25, 0.3) is 0 Å². The Hall–Kier alpha value is -0.490. The number of carbonyl (C=O) groups excluding carboxylic acids is 1. The van der Waals surface area contributed by atoms with Gasteiger partial charge in [-0.15, -0.1) is 0 Å². The SMILES string of the molecule is CCCCC(=O)OCC#CBr. The normalized spacial score (nSPS) is 8.18. The third-order valence-electron chi connectivity index (χ3n) is 1.11. The maximum absolute atomic E-state index is 10.8. The molecule has 0 aliphatic heterocycles. The molecule has 0 heterocycles. The molecular weight excluding hydrogens is 208 g/mol. The van der Waals surface area contributed by atoms with Crippen molar-refractivity contribution in [3.8, 4) is 10.8 Å². The summed E-state index contributed by atoms with van der Waals surface area (Å²) in [5.41, 5.74) is 0. The van der Waals surface area contributed by atoms with Crippen molar-refractivity contribution in [3.05, 3.63) is 0 Å². The highest BCUT2D eigenvalue weighted by atomic mass is 79.9. The molecular formula is C8H11BrO2. The van der Waals surface area contributed by atoms with Gasteiger partial charge in [0.15, 0.2) is 6.61 Å². The lowest BCUT2D eigenvalue weighted by Gasteiger charge is -1.97. The minimum atomic E-state index is -0.165. The van der Waals surface area contributed by atoms with Crippen LogP contribution in [0, 0.1) is 10.8 Å². The first kappa shape index (κ1) is 10.5. The summed E-state index contributed by atoms with van der Waals surface area (Å²) in [5.74, 6) is 2.41. The highest BCUT2D eigenvalue weighted by Crippen LogP contribution is 1.95. The van der Waals surface area contributed by atoms with Crippen LogP contribution < -0.4 is 0 Å². The van der Waals surface area contributed by atoms with Gasteiger partial charge in [-0.05, 0) is 17.2 Å². The fraction of sp³-hybridized carbons (Fsp3) is 0.625. The van der Waals surface area contributed by atoms with Crippen LogP contribution in [-0.2, 0) is 9.53 Å². The van der Waals surface area contributed by atoms with Crippen LogP contribution in [0.1, 0.15) is 26.2 Å². The molecule has 3 heteroatoms. The lowest BCUT2D eigenvalue weighted by molar-refractivity contribution is -0.142. The van der Waals surface area contributed by atoms with E-state index in [-0.39, 0.29) is 12.6 Å². The largest absolute Gasteiger partial charge is 0.452 e. The van der Waals surface area contributed by atoms with Crippen molar-refractivity contribution >= 4 is 21.9 Å². The molecule has 2 nitrogen and oxygen atoms in total. The fourth-order valence-corrected chi connectivity index (χ4v) is 0.652. The molecule has 0 saturated heterocycles. The van der Waals surface area contributed by atoms with E-state index >= 15 is 0 Å². The second-order valence-electron chi connectivity index (χ2n) is 2.04. The Balaban J connectivity index is 3.27. The number of hydrogen-bond donors (Lipinski definition) is 0. The number of hydrogen-bond acceptors (Lipinski definition) is 2. The summed E-state index contributed by atoms with van der Waals surface area (Å²) in [6.07, 6.45) is 2.40. The zero-order valence-corrected chi connectivity index (χ0v) is 8.11. The lowest BCUT2D eigenvalue weighted by atomic mass is 10.2. The highest BCUT2D eigenvalue weighted by Gasteiger charge is 1.98. The topological polar surface area (TPSA) is 26.3 Å². The summed E-state index contributed by atoms with van der Waals surface area (Å²) in [6, 6.07) is 0. The fourth-order valence-electron chi connectivity index (χ4n) is 0.537. The Morgan fingerprint density at radius 1 is 1.64 bits per heavy atom. The highest BCUT2D eigenvalue weighted by molar-refractivity contribution is 9.12. The van der Waals surface area contributed by atoms with Gasteiger partial charge in [0.1, 0.15) is 0 Å². The first-order valence-corrected chi connectivity index (χ1v) is 4.34. The number of rotatable bonds is 4. The maximum atomic E-state index is 10.8. The molecule has 0 fully saturated rings. The molecule has 0 spiro atoms. The second-order valence-corrected chi connectivity index (χ2v) is 2.43. The number of ether oxygens (including phenoxy) is 1. The number of esters is 1. The third kappa shape index (κ3) is 7.41. The molecule has 0 atom stereocenters. The van der Waals surface area contributed by atoms with E-state index in [1.54, 1.807) is 0 Å². The van der Waals surface area contributed by atoms with Crippen LogP contribution in [0.2, 0.25) is 0 Å². The van der Waals surface area contributed by atoms with Gasteiger partial charge in [-0.25, -0.2) is 0 Å². The average Bonchev–Trinajstić information content (AvgIpc) is 2.01. The van der Waals surface area contributed by atoms with Crippen molar-refractivity contribution in [2.75, 3.05) is 6.61 Å². The van der Waals surface area contributed by atoms with Gasteiger partial charge in [0.05, 0.1) is 0 Å². The van der Waals surface area contributed by atoms with Crippen molar-refractivity contribution in [1.29, 1.82) is 0 Å². The Kier molecular flexibility index (Phi) is 7.28. The van der Waals surface area contributed by atoms with E-state index < -0.39 is 0 Å². The van der Waals surface area contributed by atoms with Crippen LogP contribution in [-0.4, -0.2) is 12.6 Å². The van der Waals surface area contributed by atoms with E-state index in [1.807, 2.05) is 6.92 Å². The summed E-state index contributed by atoms with van der Waals surface area (Å²) < 4.78 is 4.74. The van der Waals surface area contributed by atoms with E-state index in [1.165, 1.54) is 0 Å². The maximum Gasteiger partial charge on any atom is 0.306 e. The van der Waals surface area contributed by atoms with Gasteiger partial charge in [-0.1, -0.05) is 13.3 Å². The van der Waals surface area contributed by atoms with E-state index in [0.29, 0.717) is 6.42 Å². The monoisotopic (exact) mass is 218 g/mol. The standard InChI is InChI=1S/C8H11BrO2/c1-2-3-5-8(10)11-7-4-6-9/h2-3,5,7H2,1H3. The Labute approximate surface area is 75.4 Å². The summed E-state index contributed by atoms with van der Waals surface area (Å²) in [6.45, 7) is 2.22. The van der Waals surface area contributed by atoms with Crippen LogP contribution in [0.15, 0.2) is 0 Å². The first-order valence-electron chi connectivity index (χ1n) is 3.55. The molecule has 0 bridgehead atoms. The Bertz CT molecular complexity index is 167. The van der Waals surface area contributed by atoms with Gasteiger partial charge >= 0.3 is 5.97 Å². The van der Waals surface area contributed by atoms with E-state index in [4.69, 9.17) is 4.74 Å². The van der Waals surface area contributed by atoms with Gasteiger partial charge < -0.3 is 4.74 Å². The Morgan fingerprint density at radius 3 is 2.91 bits per heavy atom. The average molecular weight is 219 g/mol. The molecule has 0 aromatic heterocycles. The van der Waals surface area contributed by atoms with Crippen LogP contribution in [0.4, 0.5) is 0 Å². The molecule has 11 heavy (non-hydrogen) atoms. The predicted octanol–water partition coefficient (Wildman–Crippen LogP) is 2.08. The van der Waals surface area contributed by atoms with Crippen LogP contribution in [0.25, 0.3) is 0 Å². The zero-order valence-electron chi connectivity index (χ0n) is 6.52. The van der Waals surface area contributed by atoms with Crippen LogP contribution in [0.5, 0.6) is 0 Å². The summed E-state index contributed by atoms with van der Waals surface area (Å²) in [4.78, 5) is 13.2. The molecule has 0 aliphatic rings. The number of halogens is 1. The second kappa shape index (κ2) is 7.62. The van der Waals surface area contributed by atoms with Crippen LogP contribution >= 0.6 is 15.9 Å². The quantitative estimate of drug-likeness (QED) is 0.534. The molecule has 62 valence electrons. The van der Waals surface area contributed by atoms with E-state index in [9.17, 15) is 4.79 Å². The van der Waals surface area contributed by atoms with Crippen molar-refractivity contribution < 1.29 is 9.53 Å². The molecule has 0 unspecified atom stereocenters. The number of unbranched alkanes of at least 4 members (excludes halogenated alkanes) is 1. The molecule has 0 rings (SSSR count). The molecule has 0 amide bonds. The Morgan fingerprint density at radius 2 is 2.36 bits per heavy atom. The zero-order chi connectivity index (χ0) is 8.53. The van der Waals surface area contributed by atoms with E-state index in [0.717, 1.165) is 12.8 Å². The molecule has 0 saturated carbocycles. The molecule has 0 N–H and O–H groups in total. The summed E-state index contributed by atoms with van der Waals surface area (Å²) >= 11 is 2.90. The minimum absolute atomic E-state index is 0.165. The van der Waals surface area contributed by atoms with Gasteiger partial charge in [-0.2, -0.15) is 0 Å². The molecule has 0 aromatic carbocycles. The van der Waals surface area contributed by atoms with Crippen molar-refractivity contribution in [2.45, 2.75) is 26.2 Å². The van der Waals surface area contributed by atoms with Gasteiger partial charge in [-0.3, -0.25) is 4.79 Å². The number of carbonyl (C=O) groups is 1. The molecule has 0 aliphatic carbocycles. The van der Waals surface area contributed by atoms with Crippen molar-refractivity contribution in [2.24, 2.45) is 0 Å². The van der Waals surface area contributed by atoms with Gasteiger partial charge in [0, 0.05) is 22.4 Å². The minimum Gasteiger partial charge on any atom is -0.452 e. The smallest absolute Gasteiger partial charge is 0.306 e. The van der Waals surface area contributed by atoms with E-state index in [2.05, 4.69) is 26.7 Å². The van der Waals surface area contributed by atoms with Crippen LogP contribution in [0.3, 0.4) is 0 Å². The third-order valence-corrected chi connectivity index (χ3v) is 1.39. The first-order chi connectivity index (χ1) is 5.31. The predicted molar refractivity (Wildman–Crippen MR) is 47.2 cm³/mol. The molecule has 0 radical (unpaired) electrons. The lowest BCUT2D eigenvalue weighted by Crippen LogP contribution is -2.03. The summed E-state index contributed by atoms with van der Waals surface area (Å²) in [7, 11) is 0. The van der Waals surface area contributed by atoms with Crippen molar-refractivity contribution in [1.82, 2.24) is 0 Å². The summed E-state index contributed by atoms with van der Waals surface area (Å²) in [5, 5.41) is 0. The van der Waals surface area contributed by atoms with Gasteiger partial charge in [0.2, 0.25) is 0 Å². The molecule has 0 aromatic rings. The van der Waals surface area contributed by atoms with Crippen molar-refractivity contribution in [3.63, 3.8) is 0 Å².